The molecule has 110 valence electrons. The molecule has 1 aliphatic heterocycles. The average Bonchev–Trinajstić information content (AvgIpc) is 2.49. The van der Waals surface area contributed by atoms with Crippen LogP contribution in [0.3, 0.4) is 0 Å². The highest BCUT2D eigenvalue weighted by molar-refractivity contribution is 5.97. The maximum atomic E-state index is 12.4. The molecule has 0 aromatic heterocycles. The third-order valence-corrected chi connectivity index (χ3v) is 3.88. The first-order valence-electron chi connectivity index (χ1n) is 7.45. The Labute approximate surface area is 120 Å². The van der Waals surface area contributed by atoms with Gasteiger partial charge in [0.1, 0.15) is 5.75 Å². The van der Waals surface area contributed by atoms with Gasteiger partial charge in [-0.05, 0) is 57.8 Å². The lowest BCUT2D eigenvalue weighted by molar-refractivity contribution is 0.0917. The summed E-state index contributed by atoms with van der Waals surface area (Å²) >= 11 is 0. The van der Waals surface area contributed by atoms with E-state index in [-0.39, 0.29) is 11.9 Å². The van der Waals surface area contributed by atoms with Crippen LogP contribution >= 0.6 is 0 Å². The second-order valence-electron chi connectivity index (χ2n) is 5.28. The first-order valence-corrected chi connectivity index (χ1v) is 7.45. The SMILES string of the molecule is CCOc1ccccc1C(=O)NC(C)C1CCNCC1. The van der Waals surface area contributed by atoms with Crippen LogP contribution in [0.15, 0.2) is 24.3 Å². The molecule has 1 atom stereocenters. The molecule has 0 bridgehead atoms. The second-order valence-corrected chi connectivity index (χ2v) is 5.28. The Balaban J connectivity index is 2.00. The van der Waals surface area contributed by atoms with Crippen molar-refractivity contribution in [3.8, 4) is 5.75 Å². The van der Waals surface area contributed by atoms with Crippen LogP contribution in [0, 0.1) is 5.92 Å². The van der Waals surface area contributed by atoms with Crippen molar-refractivity contribution in [3.63, 3.8) is 0 Å². The zero-order chi connectivity index (χ0) is 14.4. The van der Waals surface area contributed by atoms with Crippen molar-refractivity contribution < 1.29 is 9.53 Å². The van der Waals surface area contributed by atoms with Gasteiger partial charge in [-0.1, -0.05) is 12.1 Å². The van der Waals surface area contributed by atoms with Crippen LogP contribution in [0.2, 0.25) is 0 Å². The number of hydrogen-bond acceptors (Lipinski definition) is 3. The lowest BCUT2D eigenvalue weighted by atomic mass is 9.91. The van der Waals surface area contributed by atoms with E-state index in [4.69, 9.17) is 4.74 Å². The topological polar surface area (TPSA) is 50.4 Å². The summed E-state index contributed by atoms with van der Waals surface area (Å²) in [6.45, 7) is 6.67. The number of amides is 1. The average molecular weight is 276 g/mol. The van der Waals surface area contributed by atoms with Gasteiger partial charge in [-0.3, -0.25) is 4.79 Å². The summed E-state index contributed by atoms with van der Waals surface area (Å²) in [6, 6.07) is 7.60. The molecule has 0 radical (unpaired) electrons. The summed E-state index contributed by atoms with van der Waals surface area (Å²) in [4.78, 5) is 12.4. The van der Waals surface area contributed by atoms with E-state index in [1.807, 2.05) is 31.2 Å². The highest BCUT2D eigenvalue weighted by Gasteiger charge is 2.22. The molecular weight excluding hydrogens is 252 g/mol. The van der Waals surface area contributed by atoms with Gasteiger partial charge in [-0.15, -0.1) is 0 Å². The molecular formula is C16H24N2O2. The lowest BCUT2D eigenvalue weighted by Crippen LogP contribution is -2.42. The van der Waals surface area contributed by atoms with Crippen molar-refractivity contribution in [2.45, 2.75) is 32.7 Å². The third-order valence-electron chi connectivity index (χ3n) is 3.88. The number of hydrogen-bond donors (Lipinski definition) is 2. The van der Waals surface area contributed by atoms with Gasteiger partial charge in [0.25, 0.3) is 5.91 Å². The van der Waals surface area contributed by atoms with E-state index in [9.17, 15) is 4.79 Å². The van der Waals surface area contributed by atoms with Crippen LogP contribution in [0.1, 0.15) is 37.0 Å². The molecule has 0 aliphatic carbocycles. The predicted octanol–water partition coefficient (Wildman–Crippen LogP) is 2.20. The molecule has 1 aromatic rings. The van der Waals surface area contributed by atoms with Crippen molar-refractivity contribution in [1.29, 1.82) is 0 Å². The minimum atomic E-state index is -0.0416. The molecule has 0 saturated carbocycles. The number of rotatable bonds is 5. The minimum Gasteiger partial charge on any atom is -0.493 e. The fourth-order valence-electron chi connectivity index (χ4n) is 2.68. The molecule has 1 heterocycles. The van der Waals surface area contributed by atoms with Crippen molar-refractivity contribution in [2.24, 2.45) is 5.92 Å². The number of para-hydroxylation sites is 1. The maximum absolute atomic E-state index is 12.4. The normalized spacial score (nSPS) is 17.5. The largest absolute Gasteiger partial charge is 0.493 e. The molecule has 2 rings (SSSR count). The number of nitrogens with one attached hydrogen (secondary N) is 2. The molecule has 4 heteroatoms. The summed E-state index contributed by atoms with van der Waals surface area (Å²) in [7, 11) is 0. The molecule has 1 saturated heterocycles. The lowest BCUT2D eigenvalue weighted by Gasteiger charge is -2.29. The number of carbonyl (C=O) groups excluding carboxylic acids is 1. The summed E-state index contributed by atoms with van der Waals surface area (Å²) in [6.07, 6.45) is 2.24. The van der Waals surface area contributed by atoms with Crippen LogP contribution in [0.4, 0.5) is 0 Å². The Kier molecular flexibility index (Phi) is 5.41. The molecule has 1 aromatic carbocycles. The van der Waals surface area contributed by atoms with Crippen molar-refractivity contribution >= 4 is 5.91 Å². The van der Waals surface area contributed by atoms with Gasteiger partial charge in [0.15, 0.2) is 0 Å². The Hall–Kier alpha value is -1.55. The van der Waals surface area contributed by atoms with E-state index in [2.05, 4.69) is 17.6 Å². The summed E-state index contributed by atoms with van der Waals surface area (Å²) in [5.41, 5.74) is 0.620. The molecule has 1 fully saturated rings. The Morgan fingerprint density at radius 3 is 2.80 bits per heavy atom. The van der Waals surface area contributed by atoms with Gasteiger partial charge in [-0.2, -0.15) is 0 Å². The zero-order valence-electron chi connectivity index (χ0n) is 12.3. The monoisotopic (exact) mass is 276 g/mol. The third kappa shape index (κ3) is 3.73. The maximum Gasteiger partial charge on any atom is 0.255 e. The van der Waals surface area contributed by atoms with E-state index in [0.717, 1.165) is 25.9 Å². The first-order chi connectivity index (χ1) is 9.72. The minimum absolute atomic E-state index is 0.0416. The van der Waals surface area contributed by atoms with E-state index < -0.39 is 0 Å². The van der Waals surface area contributed by atoms with Gasteiger partial charge >= 0.3 is 0 Å². The van der Waals surface area contributed by atoms with Crippen molar-refractivity contribution in [1.82, 2.24) is 10.6 Å². The number of benzene rings is 1. The van der Waals surface area contributed by atoms with Crippen LogP contribution in [0.25, 0.3) is 0 Å². The molecule has 4 nitrogen and oxygen atoms in total. The van der Waals surface area contributed by atoms with Crippen LogP contribution < -0.4 is 15.4 Å². The van der Waals surface area contributed by atoms with E-state index in [0.29, 0.717) is 23.8 Å². The molecule has 2 N–H and O–H groups in total. The first kappa shape index (κ1) is 14.9. The quantitative estimate of drug-likeness (QED) is 0.867. The van der Waals surface area contributed by atoms with Crippen LogP contribution in [-0.4, -0.2) is 31.6 Å². The van der Waals surface area contributed by atoms with Crippen molar-refractivity contribution in [2.75, 3.05) is 19.7 Å². The fraction of sp³-hybridized carbons (Fsp3) is 0.562. The fourth-order valence-corrected chi connectivity index (χ4v) is 2.68. The predicted molar refractivity (Wildman–Crippen MR) is 80.1 cm³/mol. The second kappa shape index (κ2) is 7.29. The Morgan fingerprint density at radius 2 is 2.10 bits per heavy atom. The van der Waals surface area contributed by atoms with E-state index in [1.165, 1.54) is 0 Å². The Bertz CT molecular complexity index is 442. The summed E-state index contributed by atoms with van der Waals surface area (Å²) in [5, 5.41) is 6.47. The zero-order valence-corrected chi connectivity index (χ0v) is 12.3. The molecule has 1 aliphatic rings. The van der Waals surface area contributed by atoms with E-state index in [1.54, 1.807) is 0 Å². The number of carbonyl (C=O) groups is 1. The molecule has 1 amide bonds. The van der Waals surface area contributed by atoms with Gasteiger partial charge < -0.3 is 15.4 Å². The van der Waals surface area contributed by atoms with Gasteiger partial charge in [0, 0.05) is 6.04 Å². The number of piperidine rings is 1. The van der Waals surface area contributed by atoms with E-state index >= 15 is 0 Å². The van der Waals surface area contributed by atoms with Crippen LogP contribution in [-0.2, 0) is 0 Å². The van der Waals surface area contributed by atoms with Crippen molar-refractivity contribution in [3.05, 3.63) is 29.8 Å². The van der Waals surface area contributed by atoms with Gasteiger partial charge in [-0.25, -0.2) is 0 Å². The van der Waals surface area contributed by atoms with Gasteiger partial charge in [0.2, 0.25) is 0 Å². The molecule has 20 heavy (non-hydrogen) atoms. The standard InChI is InChI=1S/C16H24N2O2/c1-3-20-15-7-5-4-6-14(15)16(19)18-12(2)13-8-10-17-11-9-13/h4-7,12-13,17H,3,8-11H2,1-2H3,(H,18,19). The number of ether oxygens (including phenoxy) is 1. The Morgan fingerprint density at radius 1 is 1.40 bits per heavy atom. The van der Waals surface area contributed by atoms with Crippen LogP contribution in [0.5, 0.6) is 5.75 Å². The molecule has 1 unspecified atom stereocenters. The summed E-state index contributed by atoms with van der Waals surface area (Å²) < 4.78 is 5.51. The highest BCUT2D eigenvalue weighted by atomic mass is 16.5. The van der Waals surface area contributed by atoms with Gasteiger partial charge in [0.05, 0.1) is 12.2 Å². The molecule has 0 spiro atoms. The highest BCUT2D eigenvalue weighted by Crippen LogP contribution is 2.20. The smallest absolute Gasteiger partial charge is 0.255 e. The summed E-state index contributed by atoms with van der Waals surface area (Å²) in [5.74, 6) is 1.17.